The summed E-state index contributed by atoms with van der Waals surface area (Å²) in [5, 5.41) is 0. The third-order valence-electron chi connectivity index (χ3n) is 8.62. The number of halogens is 2. The molecule has 164 valence electrons. The molecule has 4 rings (SSSR count). The summed E-state index contributed by atoms with van der Waals surface area (Å²) in [4.78, 5) is 5.06. The van der Waals surface area contributed by atoms with Crippen LogP contribution in [-0.2, 0) is 21.8 Å². The Morgan fingerprint density at radius 2 is 1.64 bits per heavy atom. The Bertz CT molecular complexity index is 503. The van der Waals surface area contributed by atoms with E-state index in [9.17, 15) is 0 Å². The summed E-state index contributed by atoms with van der Waals surface area (Å²) in [6.07, 6.45) is 10.7. The summed E-state index contributed by atoms with van der Waals surface area (Å²) in [5.74, 6) is 4.08. The molecule has 1 heterocycles. The zero-order valence-corrected chi connectivity index (χ0v) is 23.6. The molecule has 0 aromatic carbocycles. The number of rotatable bonds is 3. The normalized spacial score (nSPS) is 44.3. The van der Waals surface area contributed by atoms with Gasteiger partial charge in [0, 0.05) is 7.11 Å². The fourth-order valence-electron chi connectivity index (χ4n) is 7.55. The molecule has 0 radical (unpaired) electrons. The van der Waals surface area contributed by atoms with Gasteiger partial charge in [-0.2, -0.15) is 7.05 Å². The minimum atomic E-state index is -1.46. The fourth-order valence-corrected chi connectivity index (χ4v) is 15.8. The number of fused-ring (bicyclic) bond motifs is 5. The van der Waals surface area contributed by atoms with Gasteiger partial charge in [0.1, 0.15) is 0 Å². The van der Waals surface area contributed by atoms with Gasteiger partial charge < -0.3 is 17.1 Å². The zero-order valence-electron chi connectivity index (χ0n) is 18.6. The van der Waals surface area contributed by atoms with Crippen LogP contribution in [0.5, 0.6) is 0 Å². The third-order valence-corrected chi connectivity index (χ3v) is 15.8. The van der Waals surface area contributed by atoms with Crippen LogP contribution in [0.3, 0.4) is 0 Å². The van der Waals surface area contributed by atoms with Crippen molar-refractivity contribution in [2.24, 2.45) is 23.7 Å². The summed E-state index contributed by atoms with van der Waals surface area (Å²) in [6, 6.07) is 0. The third kappa shape index (κ3) is 4.78. The van der Waals surface area contributed by atoms with Crippen molar-refractivity contribution in [3.63, 3.8) is 0 Å². The summed E-state index contributed by atoms with van der Waals surface area (Å²) in [7, 11) is 12.6. The molecule has 3 saturated carbocycles. The summed E-state index contributed by atoms with van der Waals surface area (Å²) >= 11 is -0.556. The van der Waals surface area contributed by atoms with Crippen molar-refractivity contribution in [2.75, 3.05) is 20.8 Å². The van der Waals surface area contributed by atoms with Crippen molar-refractivity contribution in [3.05, 3.63) is 12.4 Å². The van der Waals surface area contributed by atoms with E-state index < -0.39 is 25.3 Å². The molecule has 0 aromatic heterocycles. The van der Waals surface area contributed by atoms with Gasteiger partial charge in [-0.15, -0.1) is 7.92 Å². The predicted molar refractivity (Wildman–Crippen MR) is 126 cm³/mol. The van der Waals surface area contributed by atoms with Crippen molar-refractivity contribution in [1.82, 2.24) is 0 Å². The molecular formula is C21H40Cl2NOPSiTi-2. The van der Waals surface area contributed by atoms with E-state index in [4.69, 9.17) is 28.3 Å². The van der Waals surface area contributed by atoms with Crippen LogP contribution in [0.4, 0.5) is 0 Å². The minimum absolute atomic E-state index is 0. The van der Waals surface area contributed by atoms with Gasteiger partial charge in [-0.3, -0.25) is 0 Å². The molecule has 1 saturated heterocycles. The van der Waals surface area contributed by atoms with Gasteiger partial charge in [0.25, 0.3) is 0 Å². The molecule has 7 heteroatoms. The molecular weight excluding hydrogens is 460 g/mol. The second-order valence-corrected chi connectivity index (χ2v) is 19.3. The molecule has 9 unspecified atom stereocenters. The van der Waals surface area contributed by atoms with Gasteiger partial charge in [0.15, 0.2) is 0 Å². The first-order valence-corrected chi connectivity index (χ1v) is 20.0. The Kier molecular flexibility index (Phi) is 10.4. The number of ether oxygens (including phenoxy) is 1. The Hall–Kier alpha value is 1.86. The molecule has 9 atom stereocenters. The monoisotopic (exact) mass is 499 g/mol. The van der Waals surface area contributed by atoms with Gasteiger partial charge >= 0.3 is 35.6 Å². The quantitative estimate of drug-likeness (QED) is 0.224. The topological polar surface area (TPSA) is 23.3 Å². The predicted octanol–water partition coefficient (Wildman–Crippen LogP) is 7.51. The van der Waals surface area contributed by atoms with Gasteiger partial charge in [0.05, 0.1) is 6.10 Å². The van der Waals surface area contributed by atoms with E-state index in [1.807, 2.05) is 7.11 Å². The van der Waals surface area contributed by atoms with Crippen LogP contribution in [0.15, 0.2) is 0 Å². The van der Waals surface area contributed by atoms with E-state index in [0.717, 1.165) is 40.5 Å². The molecule has 0 N–H and O–H groups in total. The Morgan fingerprint density at radius 3 is 2.21 bits per heavy atom. The van der Waals surface area contributed by atoms with E-state index in [-0.39, 0.29) is 15.3 Å². The van der Waals surface area contributed by atoms with Gasteiger partial charge in [-0.1, -0.05) is 46.1 Å². The number of hydrogen-bond donors (Lipinski definition) is 0. The van der Waals surface area contributed by atoms with Crippen molar-refractivity contribution in [3.8, 4) is 0 Å². The first-order chi connectivity index (χ1) is 12.9. The van der Waals surface area contributed by atoms with Crippen LogP contribution in [0.1, 0.15) is 44.9 Å². The zero-order chi connectivity index (χ0) is 19.8. The molecule has 0 amide bonds. The number of nitrogens with zero attached hydrogens (tertiary/aromatic N) is 1. The van der Waals surface area contributed by atoms with Crippen molar-refractivity contribution in [1.29, 1.82) is 0 Å². The van der Waals surface area contributed by atoms with Gasteiger partial charge in [-0.25, -0.2) is 0 Å². The standard InChI is InChI=1S/C20H37NOPSi.CH3.2ClH.Ti/c1-21-24(4,5)20-15-9-7-6-8-14(15)18-16-12-13(22-2)10-11-17(16)23(3)19(18)20;;;;/h13-20H,6-12H2,1-5H3;1H3;2*1H;/q2*-1;;;+2/p-2. The average Bonchev–Trinajstić information content (AvgIpc) is 3.16. The van der Waals surface area contributed by atoms with E-state index >= 15 is 0 Å². The molecule has 0 bridgehead atoms. The fraction of sp³-hybridized carbons (Fsp3) is 0.952. The molecule has 4 fully saturated rings. The second kappa shape index (κ2) is 11.1. The Balaban J connectivity index is 0.000000660. The van der Waals surface area contributed by atoms with E-state index in [0.29, 0.717) is 6.10 Å². The molecule has 0 aromatic rings. The average molecular weight is 500 g/mol. The Labute approximate surface area is 193 Å². The van der Waals surface area contributed by atoms with Crippen molar-refractivity contribution < 1.29 is 21.8 Å². The molecule has 3 aliphatic carbocycles. The van der Waals surface area contributed by atoms with Crippen LogP contribution < -0.4 is 0 Å². The van der Waals surface area contributed by atoms with E-state index in [1.54, 1.807) is 0 Å². The summed E-state index contributed by atoms with van der Waals surface area (Å²) < 4.78 is 5.83. The van der Waals surface area contributed by atoms with Crippen LogP contribution in [-0.4, -0.2) is 46.5 Å². The summed E-state index contributed by atoms with van der Waals surface area (Å²) in [5.41, 5.74) is 3.08. The molecule has 0 spiro atoms. The van der Waals surface area contributed by atoms with E-state index in [2.05, 4.69) is 26.8 Å². The van der Waals surface area contributed by atoms with Crippen molar-refractivity contribution in [2.45, 2.75) is 81.0 Å². The molecule has 2 nitrogen and oxygen atoms in total. The number of methoxy groups -OCH3 is 1. The Morgan fingerprint density at radius 1 is 1.04 bits per heavy atom. The maximum absolute atomic E-state index is 5.83. The van der Waals surface area contributed by atoms with Crippen molar-refractivity contribution >= 4 is 34.8 Å². The number of hydrogen-bond acceptors (Lipinski definition) is 1. The first kappa shape index (κ1) is 26.1. The second-order valence-electron chi connectivity index (χ2n) is 9.72. The van der Waals surface area contributed by atoms with Crippen LogP contribution in [0, 0.1) is 31.1 Å². The van der Waals surface area contributed by atoms with Crippen LogP contribution >= 0.6 is 26.5 Å². The SMILES string of the molecule is C[N-][Si](C)(C)C1C2CCCCC2C2C3CC(OC)CCC3P(C)C21.[CH3-].[Cl][Ti][Cl]. The molecule has 28 heavy (non-hydrogen) atoms. The summed E-state index contributed by atoms with van der Waals surface area (Å²) in [6.45, 7) is 7.85. The van der Waals surface area contributed by atoms with Gasteiger partial charge in [0.2, 0.25) is 0 Å². The van der Waals surface area contributed by atoms with Crippen LogP contribution in [0.2, 0.25) is 18.6 Å². The van der Waals surface area contributed by atoms with Gasteiger partial charge in [-0.05, 0) is 67.3 Å². The molecule has 1 aliphatic heterocycles. The van der Waals surface area contributed by atoms with Crippen LogP contribution in [0.25, 0.3) is 4.98 Å². The first-order valence-electron chi connectivity index (χ1n) is 10.7. The van der Waals surface area contributed by atoms with E-state index in [1.165, 1.54) is 44.9 Å². The maximum atomic E-state index is 5.83. The molecule has 4 aliphatic rings.